The number of para-hydroxylation sites is 1. The van der Waals surface area contributed by atoms with E-state index in [1.165, 1.54) is 5.56 Å². The van der Waals surface area contributed by atoms with Crippen molar-refractivity contribution in [3.05, 3.63) is 23.8 Å². The van der Waals surface area contributed by atoms with Crippen LogP contribution in [0.5, 0.6) is 0 Å². The quantitative estimate of drug-likeness (QED) is 0.798. The lowest BCUT2D eigenvalue weighted by atomic mass is 10.1. The Morgan fingerprint density at radius 3 is 2.78 bits per heavy atom. The number of aryl methyl sites for hydroxylation is 1. The lowest BCUT2D eigenvalue weighted by Crippen LogP contribution is -2.42. The molecule has 4 heteroatoms. The number of nitrogen functional groups attached to an aromatic ring is 1. The summed E-state index contributed by atoms with van der Waals surface area (Å²) in [5.74, 6) is 0. The second-order valence-electron chi connectivity index (χ2n) is 5.00. The Kier molecular flexibility index (Phi) is 4.44. The van der Waals surface area contributed by atoms with Crippen molar-refractivity contribution in [1.29, 1.82) is 0 Å². The molecule has 1 atom stereocenters. The summed E-state index contributed by atoms with van der Waals surface area (Å²) in [5.41, 5.74) is 9.10. The van der Waals surface area contributed by atoms with Crippen molar-refractivity contribution in [2.45, 2.75) is 19.9 Å². The van der Waals surface area contributed by atoms with E-state index < -0.39 is 0 Å². The van der Waals surface area contributed by atoms with Crippen LogP contribution in [0.25, 0.3) is 0 Å². The van der Waals surface area contributed by atoms with Crippen molar-refractivity contribution >= 4 is 11.4 Å². The number of anilines is 2. The predicted octanol–water partition coefficient (Wildman–Crippen LogP) is 1.71. The minimum Gasteiger partial charge on any atom is -0.397 e. The van der Waals surface area contributed by atoms with Gasteiger partial charge in [-0.3, -0.25) is 4.90 Å². The van der Waals surface area contributed by atoms with Crippen molar-refractivity contribution in [2.75, 3.05) is 43.9 Å². The Morgan fingerprint density at radius 2 is 2.11 bits per heavy atom. The van der Waals surface area contributed by atoms with Crippen LogP contribution in [0.3, 0.4) is 0 Å². The van der Waals surface area contributed by atoms with Gasteiger partial charge in [0, 0.05) is 25.7 Å². The largest absolute Gasteiger partial charge is 0.397 e. The monoisotopic (exact) mass is 249 g/mol. The number of nitrogens with zero attached hydrogens (tertiary/aromatic N) is 1. The molecule has 2 rings (SSSR count). The van der Waals surface area contributed by atoms with Crippen molar-refractivity contribution in [2.24, 2.45) is 0 Å². The average Bonchev–Trinajstić information content (AvgIpc) is 2.35. The molecule has 0 bridgehead atoms. The van der Waals surface area contributed by atoms with Crippen molar-refractivity contribution < 1.29 is 4.74 Å². The molecule has 1 unspecified atom stereocenters. The van der Waals surface area contributed by atoms with Crippen LogP contribution in [0.1, 0.15) is 12.5 Å². The Morgan fingerprint density at radius 1 is 1.39 bits per heavy atom. The van der Waals surface area contributed by atoms with Crippen molar-refractivity contribution in [3.8, 4) is 0 Å². The van der Waals surface area contributed by atoms with Gasteiger partial charge in [0.2, 0.25) is 0 Å². The normalized spacial score (nSPS) is 18.6. The highest BCUT2D eigenvalue weighted by Crippen LogP contribution is 2.23. The molecule has 100 valence electrons. The van der Waals surface area contributed by atoms with E-state index in [-0.39, 0.29) is 0 Å². The average molecular weight is 249 g/mol. The topological polar surface area (TPSA) is 50.5 Å². The van der Waals surface area contributed by atoms with Gasteiger partial charge in [0.05, 0.1) is 24.6 Å². The van der Waals surface area contributed by atoms with Gasteiger partial charge in [-0.05, 0) is 25.5 Å². The number of hydrogen-bond donors (Lipinski definition) is 2. The number of hydrogen-bond acceptors (Lipinski definition) is 4. The SMILES string of the molecule is Cc1cccc(N)c1NC(C)CN1CCOCC1. The molecule has 1 aliphatic heterocycles. The lowest BCUT2D eigenvalue weighted by molar-refractivity contribution is 0.0368. The Labute approximate surface area is 109 Å². The molecule has 0 saturated carbocycles. The number of morpholine rings is 1. The van der Waals surface area contributed by atoms with E-state index in [9.17, 15) is 0 Å². The van der Waals surface area contributed by atoms with Gasteiger partial charge in [0.25, 0.3) is 0 Å². The Hall–Kier alpha value is -1.26. The zero-order valence-corrected chi connectivity index (χ0v) is 11.3. The van der Waals surface area contributed by atoms with E-state index in [1.807, 2.05) is 12.1 Å². The molecule has 4 nitrogen and oxygen atoms in total. The van der Waals surface area contributed by atoms with E-state index in [0.29, 0.717) is 6.04 Å². The minimum atomic E-state index is 0.381. The van der Waals surface area contributed by atoms with Gasteiger partial charge in [0.1, 0.15) is 0 Å². The van der Waals surface area contributed by atoms with Crippen LogP contribution in [-0.2, 0) is 4.74 Å². The predicted molar refractivity (Wildman–Crippen MR) is 75.9 cm³/mol. The van der Waals surface area contributed by atoms with Crippen LogP contribution >= 0.6 is 0 Å². The third-order valence-electron chi connectivity index (χ3n) is 3.33. The first-order valence-corrected chi connectivity index (χ1v) is 6.58. The van der Waals surface area contributed by atoms with E-state index in [0.717, 1.165) is 44.2 Å². The molecule has 18 heavy (non-hydrogen) atoms. The summed E-state index contributed by atoms with van der Waals surface area (Å²) in [7, 11) is 0. The highest BCUT2D eigenvalue weighted by Gasteiger charge is 2.14. The van der Waals surface area contributed by atoms with Gasteiger partial charge < -0.3 is 15.8 Å². The maximum atomic E-state index is 6.01. The Bertz CT molecular complexity index is 368. The molecule has 3 N–H and O–H groups in total. The van der Waals surface area contributed by atoms with E-state index in [1.54, 1.807) is 0 Å². The molecular formula is C14H23N3O. The summed E-state index contributed by atoms with van der Waals surface area (Å²) in [5, 5.41) is 3.52. The number of nitrogens with one attached hydrogen (secondary N) is 1. The second kappa shape index (κ2) is 6.07. The molecule has 0 amide bonds. The van der Waals surface area contributed by atoms with E-state index >= 15 is 0 Å². The molecule has 1 saturated heterocycles. The highest BCUT2D eigenvalue weighted by atomic mass is 16.5. The number of benzene rings is 1. The molecule has 0 aromatic heterocycles. The van der Waals surface area contributed by atoms with Crippen LogP contribution in [0.15, 0.2) is 18.2 Å². The summed E-state index contributed by atoms with van der Waals surface area (Å²) >= 11 is 0. The third kappa shape index (κ3) is 3.37. The van der Waals surface area contributed by atoms with Gasteiger partial charge in [-0.2, -0.15) is 0 Å². The number of ether oxygens (including phenoxy) is 1. The van der Waals surface area contributed by atoms with Crippen molar-refractivity contribution in [1.82, 2.24) is 4.90 Å². The van der Waals surface area contributed by atoms with Gasteiger partial charge in [-0.1, -0.05) is 12.1 Å². The summed E-state index contributed by atoms with van der Waals surface area (Å²) in [6, 6.07) is 6.39. The number of nitrogens with two attached hydrogens (primary N) is 1. The summed E-state index contributed by atoms with van der Waals surface area (Å²) in [4.78, 5) is 2.43. The van der Waals surface area contributed by atoms with Gasteiger partial charge >= 0.3 is 0 Å². The second-order valence-corrected chi connectivity index (χ2v) is 5.00. The zero-order chi connectivity index (χ0) is 13.0. The maximum absolute atomic E-state index is 6.01. The first kappa shape index (κ1) is 13.2. The smallest absolute Gasteiger partial charge is 0.0606 e. The standard InChI is InChI=1S/C14H23N3O/c1-11-4-3-5-13(15)14(11)16-12(2)10-17-6-8-18-9-7-17/h3-5,12,16H,6-10,15H2,1-2H3. The van der Waals surface area contributed by atoms with Crippen LogP contribution < -0.4 is 11.1 Å². The van der Waals surface area contributed by atoms with Crippen molar-refractivity contribution in [3.63, 3.8) is 0 Å². The van der Waals surface area contributed by atoms with E-state index in [2.05, 4.69) is 30.1 Å². The van der Waals surface area contributed by atoms with Crippen LogP contribution in [0.2, 0.25) is 0 Å². The molecule has 1 fully saturated rings. The molecule has 1 heterocycles. The summed E-state index contributed by atoms with van der Waals surface area (Å²) in [6.07, 6.45) is 0. The third-order valence-corrected chi connectivity index (χ3v) is 3.33. The molecule has 0 radical (unpaired) electrons. The minimum absolute atomic E-state index is 0.381. The van der Waals surface area contributed by atoms with Crippen LogP contribution in [0, 0.1) is 6.92 Å². The fourth-order valence-electron chi connectivity index (χ4n) is 2.35. The first-order chi connectivity index (χ1) is 8.66. The fourth-order valence-corrected chi connectivity index (χ4v) is 2.35. The zero-order valence-electron chi connectivity index (χ0n) is 11.3. The number of rotatable bonds is 4. The van der Waals surface area contributed by atoms with Gasteiger partial charge in [-0.25, -0.2) is 0 Å². The van der Waals surface area contributed by atoms with E-state index in [4.69, 9.17) is 10.5 Å². The van der Waals surface area contributed by atoms with Crippen LogP contribution in [0.4, 0.5) is 11.4 Å². The molecular weight excluding hydrogens is 226 g/mol. The molecule has 0 aliphatic carbocycles. The Balaban J connectivity index is 1.92. The van der Waals surface area contributed by atoms with Gasteiger partial charge in [-0.15, -0.1) is 0 Å². The maximum Gasteiger partial charge on any atom is 0.0606 e. The molecule has 0 spiro atoms. The molecule has 1 aromatic rings. The summed E-state index contributed by atoms with van der Waals surface area (Å²) < 4.78 is 5.36. The lowest BCUT2D eigenvalue weighted by Gasteiger charge is -2.30. The highest BCUT2D eigenvalue weighted by molar-refractivity contribution is 5.70. The van der Waals surface area contributed by atoms with Gasteiger partial charge in [0.15, 0.2) is 0 Å². The fraction of sp³-hybridized carbons (Fsp3) is 0.571. The molecule has 1 aliphatic rings. The molecule has 1 aromatic carbocycles. The first-order valence-electron chi connectivity index (χ1n) is 6.58. The summed E-state index contributed by atoms with van der Waals surface area (Å²) in [6.45, 7) is 9.04. The van der Waals surface area contributed by atoms with Crippen LogP contribution in [-0.4, -0.2) is 43.8 Å².